The molecule has 2 aromatic carbocycles. The fourth-order valence-electron chi connectivity index (χ4n) is 4.27. The van der Waals surface area contributed by atoms with Gasteiger partial charge in [-0.25, -0.2) is 0 Å². The Morgan fingerprint density at radius 2 is 1.71 bits per heavy atom. The molecule has 0 bridgehead atoms. The largest absolute Gasteiger partial charge is 0.493 e. The number of amides is 1. The van der Waals surface area contributed by atoms with Gasteiger partial charge in [-0.15, -0.1) is 0 Å². The number of Topliss-reactive ketones (excluding diaryl/α,β-unsaturated/α-hetero) is 2. The van der Waals surface area contributed by atoms with Crippen molar-refractivity contribution in [2.24, 2.45) is 0 Å². The van der Waals surface area contributed by atoms with Gasteiger partial charge in [-0.1, -0.05) is 24.3 Å². The molecule has 0 N–H and O–H groups in total. The summed E-state index contributed by atoms with van der Waals surface area (Å²) in [4.78, 5) is 40.1. The molecule has 0 radical (unpaired) electrons. The standard InChI is InChI=1S/C24H19NO6/c1-29-17-8-7-13(11-18(17)30-2)24(28)25-10-9-16-19(12-25)31-23-15-6-4-3-5-14(15)21(26)22(27)20(16)23/h3-8,11H,9-10,12H2,1-2H3. The molecule has 0 saturated carbocycles. The number of fused-ring (bicyclic) bond motifs is 5. The van der Waals surface area contributed by atoms with E-state index < -0.39 is 11.6 Å². The molecule has 0 saturated heterocycles. The summed E-state index contributed by atoms with van der Waals surface area (Å²) in [6.07, 6.45) is 0.439. The predicted molar refractivity (Wildman–Crippen MR) is 111 cm³/mol. The number of benzene rings is 2. The van der Waals surface area contributed by atoms with E-state index in [2.05, 4.69) is 0 Å². The smallest absolute Gasteiger partial charge is 0.254 e. The minimum absolute atomic E-state index is 0.177. The van der Waals surface area contributed by atoms with Crippen molar-refractivity contribution < 1.29 is 28.3 Å². The average molecular weight is 417 g/mol. The first-order chi connectivity index (χ1) is 15.0. The number of ketones is 2. The highest BCUT2D eigenvalue weighted by molar-refractivity contribution is 6.53. The summed E-state index contributed by atoms with van der Waals surface area (Å²) in [5.41, 5.74) is 2.50. The van der Waals surface area contributed by atoms with Crippen molar-refractivity contribution in [1.29, 1.82) is 0 Å². The van der Waals surface area contributed by atoms with Gasteiger partial charge in [0, 0.05) is 28.8 Å². The summed E-state index contributed by atoms with van der Waals surface area (Å²) in [6, 6.07) is 12.0. The van der Waals surface area contributed by atoms with Crippen LogP contribution in [0.15, 0.2) is 46.9 Å². The van der Waals surface area contributed by atoms with Gasteiger partial charge in [0.2, 0.25) is 11.6 Å². The van der Waals surface area contributed by atoms with Crippen LogP contribution in [-0.2, 0) is 13.0 Å². The van der Waals surface area contributed by atoms with Gasteiger partial charge < -0.3 is 18.8 Å². The molecule has 7 nitrogen and oxygen atoms in total. The van der Waals surface area contributed by atoms with Gasteiger partial charge in [0.05, 0.1) is 26.3 Å². The number of nitrogens with zero attached hydrogens (tertiary/aromatic N) is 1. The third-order valence-electron chi connectivity index (χ3n) is 5.82. The second kappa shape index (κ2) is 7.12. The van der Waals surface area contributed by atoms with Crippen LogP contribution in [0.5, 0.6) is 11.5 Å². The van der Waals surface area contributed by atoms with E-state index in [0.717, 1.165) is 5.56 Å². The van der Waals surface area contributed by atoms with Crippen LogP contribution in [-0.4, -0.2) is 43.1 Å². The van der Waals surface area contributed by atoms with Gasteiger partial charge in [0.15, 0.2) is 11.5 Å². The number of carbonyl (C=O) groups excluding carboxylic acids is 3. The van der Waals surface area contributed by atoms with Crippen LogP contribution in [0.1, 0.15) is 42.4 Å². The Balaban J connectivity index is 1.49. The van der Waals surface area contributed by atoms with Crippen LogP contribution < -0.4 is 9.47 Å². The Hall–Kier alpha value is -3.87. The van der Waals surface area contributed by atoms with Crippen LogP contribution in [0.3, 0.4) is 0 Å². The molecule has 5 rings (SSSR count). The highest BCUT2D eigenvalue weighted by Gasteiger charge is 2.39. The van der Waals surface area contributed by atoms with Crippen molar-refractivity contribution >= 4 is 17.5 Å². The molecule has 0 unspecified atom stereocenters. The molecule has 1 amide bonds. The number of ether oxygens (including phenoxy) is 2. The molecule has 2 heterocycles. The highest BCUT2D eigenvalue weighted by Crippen LogP contribution is 2.40. The molecule has 1 aromatic heterocycles. The normalized spacial score (nSPS) is 14.6. The van der Waals surface area contributed by atoms with Crippen molar-refractivity contribution in [2.45, 2.75) is 13.0 Å². The van der Waals surface area contributed by atoms with E-state index >= 15 is 0 Å². The molecule has 0 fully saturated rings. The van der Waals surface area contributed by atoms with E-state index in [9.17, 15) is 14.4 Å². The first-order valence-electron chi connectivity index (χ1n) is 9.87. The van der Waals surface area contributed by atoms with Crippen LogP contribution >= 0.6 is 0 Å². The quantitative estimate of drug-likeness (QED) is 0.606. The van der Waals surface area contributed by atoms with Crippen molar-refractivity contribution in [2.75, 3.05) is 20.8 Å². The summed E-state index contributed by atoms with van der Waals surface area (Å²) in [6.45, 7) is 0.633. The number of methoxy groups -OCH3 is 2. The lowest BCUT2D eigenvalue weighted by Gasteiger charge is -2.26. The van der Waals surface area contributed by atoms with Crippen molar-refractivity contribution in [3.63, 3.8) is 0 Å². The summed E-state index contributed by atoms with van der Waals surface area (Å²) < 4.78 is 16.6. The van der Waals surface area contributed by atoms with Crippen molar-refractivity contribution in [3.05, 3.63) is 70.5 Å². The van der Waals surface area contributed by atoms with E-state index in [-0.39, 0.29) is 12.5 Å². The summed E-state index contributed by atoms with van der Waals surface area (Å²) in [5.74, 6) is 0.743. The molecule has 2 aliphatic rings. The van der Waals surface area contributed by atoms with E-state index in [4.69, 9.17) is 13.9 Å². The fraction of sp³-hybridized carbons (Fsp3) is 0.208. The SMILES string of the molecule is COc1ccc(C(=O)N2CCc3c(oc4c3C(=O)C(=O)c3ccccc3-4)C2)cc1OC. The minimum atomic E-state index is -0.543. The second-order valence-electron chi connectivity index (χ2n) is 7.46. The zero-order valence-electron chi connectivity index (χ0n) is 17.1. The maximum absolute atomic E-state index is 13.1. The zero-order chi connectivity index (χ0) is 21.7. The minimum Gasteiger partial charge on any atom is -0.493 e. The zero-order valence-corrected chi connectivity index (χ0v) is 17.1. The third-order valence-corrected chi connectivity index (χ3v) is 5.82. The first kappa shape index (κ1) is 19.1. The molecular formula is C24H19NO6. The number of hydrogen-bond acceptors (Lipinski definition) is 6. The van der Waals surface area contributed by atoms with Gasteiger partial charge in [-0.3, -0.25) is 14.4 Å². The van der Waals surface area contributed by atoms with Gasteiger partial charge >= 0.3 is 0 Å². The Kier molecular flexibility index (Phi) is 4.39. The van der Waals surface area contributed by atoms with Gasteiger partial charge in [0.1, 0.15) is 11.5 Å². The lowest BCUT2D eigenvalue weighted by Crippen LogP contribution is -2.36. The Morgan fingerprint density at radius 1 is 0.968 bits per heavy atom. The molecule has 3 aromatic rings. The molecule has 1 aliphatic carbocycles. The van der Waals surface area contributed by atoms with Gasteiger partial charge in [-0.2, -0.15) is 0 Å². The van der Waals surface area contributed by atoms with Gasteiger partial charge in [0.25, 0.3) is 5.91 Å². The number of rotatable bonds is 3. The first-order valence-corrected chi connectivity index (χ1v) is 9.87. The molecule has 1 aliphatic heterocycles. The van der Waals surface area contributed by atoms with Gasteiger partial charge in [-0.05, 0) is 24.6 Å². The topological polar surface area (TPSA) is 86.0 Å². The van der Waals surface area contributed by atoms with Crippen LogP contribution in [0.4, 0.5) is 0 Å². The van der Waals surface area contributed by atoms with E-state index in [1.165, 1.54) is 14.2 Å². The monoisotopic (exact) mass is 417 g/mol. The maximum Gasteiger partial charge on any atom is 0.254 e. The molecule has 0 atom stereocenters. The average Bonchev–Trinajstić information content (AvgIpc) is 3.20. The summed E-state index contributed by atoms with van der Waals surface area (Å²) in [5, 5.41) is 0. The Morgan fingerprint density at radius 3 is 2.45 bits per heavy atom. The van der Waals surface area contributed by atoms with Crippen LogP contribution in [0, 0.1) is 0 Å². The lowest BCUT2D eigenvalue weighted by molar-refractivity contribution is 0.0719. The molecular weight excluding hydrogens is 398 g/mol. The predicted octanol–water partition coefficient (Wildman–Crippen LogP) is 3.54. The van der Waals surface area contributed by atoms with E-state index in [1.807, 2.05) is 0 Å². The Labute approximate surface area is 178 Å². The lowest BCUT2D eigenvalue weighted by atomic mass is 9.85. The number of hydrogen-bond donors (Lipinski definition) is 0. The summed E-state index contributed by atoms with van der Waals surface area (Å²) in [7, 11) is 3.05. The summed E-state index contributed by atoms with van der Waals surface area (Å²) >= 11 is 0. The van der Waals surface area contributed by atoms with E-state index in [1.54, 1.807) is 47.4 Å². The molecule has 7 heteroatoms. The molecule has 0 spiro atoms. The van der Waals surface area contributed by atoms with Crippen LogP contribution in [0.2, 0.25) is 0 Å². The van der Waals surface area contributed by atoms with Crippen LogP contribution in [0.25, 0.3) is 11.3 Å². The fourth-order valence-corrected chi connectivity index (χ4v) is 4.27. The second-order valence-corrected chi connectivity index (χ2v) is 7.46. The van der Waals surface area contributed by atoms with Crippen molar-refractivity contribution in [3.8, 4) is 22.8 Å². The number of carbonyl (C=O) groups is 3. The van der Waals surface area contributed by atoms with E-state index in [0.29, 0.717) is 58.2 Å². The Bertz CT molecular complexity index is 1250. The van der Waals surface area contributed by atoms with Crippen molar-refractivity contribution in [1.82, 2.24) is 4.90 Å². The maximum atomic E-state index is 13.1. The number of furan rings is 1. The molecule has 31 heavy (non-hydrogen) atoms. The molecule has 156 valence electrons. The third kappa shape index (κ3) is 2.84. The highest BCUT2D eigenvalue weighted by atomic mass is 16.5.